The van der Waals surface area contributed by atoms with Gasteiger partial charge in [0.25, 0.3) is 0 Å². The van der Waals surface area contributed by atoms with Gasteiger partial charge in [-0.1, -0.05) is 6.92 Å². The lowest BCUT2D eigenvalue weighted by Crippen LogP contribution is -2.45. The van der Waals surface area contributed by atoms with E-state index in [0.29, 0.717) is 3.79 Å². The van der Waals surface area contributed by atoms with E-state index in [1.54, 1.807) is 0 Å². The quantitative estimate of drug-likeness (QED) is 0.585. The lowest BCUT2D eigenvalue weighted by Gasteiger charge is -2.31. The van der Waals surface area contributed by atoms with Crippen molar-refractivity contribution in [1.29, 1.82) is 0 Å². The third-order valence-corrected chi connectivity index (χ3v) is 4.87. The molecular weight excluding hydrogens is 440 g/mol. The first-order valence-corrected chi connectivity index (χ1v) is 7.70. The number of alkyl halides is 6. The van der Waals surface area contributed by atoms with E-state index in [0.717, 1.165) is 11.3 Å². The predicted octanol–water partition coefficient (Wildman–Crippen LogP) is 5.66. The van der Waals surface area contributed by atoms with Crippen molar-refractivity contribution in [2.75, 3.05) is 6.54 Å². The van der Waals surface area contributed by atoms with Crippen LogP contribution in [0.25, 0.3) is 0 Å². The maximum atomic E-state index is 12.8. The number of thiophene rings is 1. The Bertz CT molecular complexity index is 442. The molecule has 1 N–H and O–H groups in total. The summed E-state index contributed by atoms with van der Waals surface area (Å²) in [7, 11) is 0. The smallest absolute Gasteiger partial charge is 0.309 e. The van der Waals surface area contributed by atoms with Gasteiger partial charge in [-0.3, -0.25) is 0 Å². The van der Waals surface area contributed by atoms with E-state index in [-0.39, 0.29) is 15.9 Å². The maximum absolute atomic E-state index is 12.8. The molecule has 0 aliphatic heterocycles. The first-order valence-electron chi connectivity index (χ1n) is 5.30. The molecule has 0 bridgehead atoms. The van der Waals surface area contributed by atoms with Crippen LogP contribution in [0.15, 0.2) is 13.6 Å². The summed E-state index contributed by atoms with van der Waals surface area (Å²) >= 11 is 7.07. The van der Waals surface area contributed by atoms with Gasteiger partial charge in [-0.15, -0.1) is 11.3 Å². The molecule has 1 aromatic heterocycles. The lowest BCUT2D eigenvalue weighted by atomic mass is 9.93. The van der Waals surface area contributed by atoms with Gasteiger partial charge in [0.15, 0.2) is 5.92 Å². The molecule has 0 aromatic carbocycles. The zero-order valence-electron chi connectivity index (χ0n) is 9.87. The fourth-order valence-electron chi connectivity index (χ4n) is 1.76. The molecule has 0 saturated heterocycles. The largest absolute Gasteiger partial charge is 0.402 e. The Morgan fingerprint density at radius 2 is 1.65 bits per heavy atom. The van der Waals surface area contributed by atoms with Gasteiger partial charge in [0.05, 0.1) is 13.6 Å². The summed E-state index contributed by atoms with van der Waals surface area (Å²) in [6.45, 7) is 1.43. The fourth-order valence-corrected chi connectivity index (χ4v) is 4.68. The third kappa shape index (κ3) is 4.35. The zero-order chi connectivity index (χ0) is 15.7. The predicted molar refractivity (Wildman–Crippen MR) is 71.7 cm³/mol. The average molecular weight is 449 g/mol. The van der Waals surface area contributed by atoms with Gasteiger partial charge in [0, 0.05) is 0 Å². The van der Waals surface area contributed by atoms with Gasteiger partial charge in [-0.25, -0.2) is 0 Å². The number of hydrogen-bond donors (Lipinski definition) is 1. The van der Waals surface area contributed by atoms with Crippen LogP contribution in [0.3, 0.4) is 0 Å². The topological polar surface area (TPSA) is 12.0 Å². The van der Waals surface area contributed by atoms with Gasteiger partial charge in [0.1, 0.15) is 0 Å². The Morgan fingerprint density at radius 1 is 1.15 bits per heavy atom. The van der Waals surface area contributed by atoms with E-state index in [9.17, 15) is 26.3 Å². The molecule has 0 saturated carbocycles. The Balaban J connectivity index is 3.32. The molecule has 0 aliphatic carbocycles. The standard InChI is InChI=1S/C10H9Br2F6NS/c1-2-19-6(4-3-5(11)20-8(4)12)7(9(13,14)15)10(16,17)18/h3,6-7,19H,2H2,1H3. The molecule has 0 amide bonds. The van der Waals surface area contributed by atoms with Crippen LogP contribution in [-0.4, -0.2) is 18.9 Å². The summed E-state index contributed by atoms with van der Waals surface area (Å²) in [6, 6.07) is -0.635. The summed E-state index contributed by atoms with van der Waals surface area (Å²) in [5.74, 6) is -3.47. The Morgan fingerprint density at radius 3 is 1.95 bits per heavy atom. The molecule has 0 fully saturated rings. The maximum Gasteiger partial charge on any atom is 0.402 e. The van der Waals surface area contributed by atoms with Gasteiger partial charge in [0.2, 0.25) is 0 Å². The molecule has 1 atom stereocenters. The van der Waals surface area contributed by atoms with E-state index >= 15 is 0 Å². The van der Waals surface area contributed by atoms with Crippen LogP contribution in [0.4, 0.5) is 26.3 Å². The molecule has 1 nitrogen and oxygen atoms in total. The van der Waals surface area contributed by atoms with E-state index < -0.39 is 24.3 Å². The van der Waals surface area contributed by atoms with Gasteiger partial charge < -0.3 is 5.32 Å². The Kier molecular flexibility index (Phi) is 5.96. The van der Waals surface area contributed by atoms with Crippen molar-refractivity contribution >= 4 is 43.2 Å². The van der Waals surface area contributed by atoms with Crippen LogP contribution in [0.5, 0.6) is 0 Å². The average Bonchev–Trinajstić information content (AvgIpc) is 2.52. The minimum absolute atomic E-state index is 0.0206. The number of halogens is 8. The third-order valence-electron chi connectivity index (χ3n) is 2.48. The molecule has 116 valence electrons. The van der Waals surface area contributed by atoms with Crippen LogP contribution >= 0.6 is 43.2 Å². The highest BCUT2D eigenvalue weighted by molar-refractivity contribution is 9.12. The van der Waals surface area contributed by atoms with Crippen LogP contribution in [0, 0.1) is 5.92 Å². The van der Waals surface area contributed by atoms with Crippen molar-refractivity contribution in [3.05, 3.63) is 19.2 Å². The first-order chi connectivity index (χ1) is 8.98. The number of rotatable bonds is 4. The molecule has 10 heteroatoms. The molecule has 20 heavy (non-hydrogen) atoms. The second-order valence-corrected chi connectivity index (χ2v) is 7.63. The Hall–Kier alpha value is 0.200. The van der Waals surface area contributed by atoms with Crippen LogP contribution < -0.4 is 5.32 Å². The van der Waals surface area contributed by atoms with Gasteiger partial charge in [-0.05, 0) is 50.0 Å². The summed E-state index contributed by atoms with van der Waals surface area (Å²) in [4.78, 5) is 0. The molecule has 0 spiro atoms. The number of hydrogen-bond acceptors (Lipinski definition) is 2. The highest BCUT2D eigenvalue weighted by Crippen LogP contribution is 2.49. The van der Waals surface area contributed by atoms with E-state index in [1.807, 2.05) is 0 Å². The summed E-state index contributed by atoms with van der Waals surface area (Å²) in [6.07, 6.45) is -10.8. The van der Waals surface area contributed by atoms with E-state index in [2.05, 4.69) is 37.2 Å². The van der Waals surface area contributed by atoms with Gasteiger partial charge >= 0.3 is 12.4 Å². The van der Waals surface area contributed by atoms with E-state index in [4.69, 9.17) is 0 Å². The monoisotopic (exact) mass is 447 g/mol. The minimum atomic E-state index is -5.39. The lowest BCUT2D eigenvalue weighted by molar-refractivity contribution is -0.292. The van der Waals surface area contributed by atoms with Crippen molar-refractivity contribution in [3.63, 3.8) is 0 Å². The SMILES string of the molecule is CCNC(c1cc(Br)sc1Br)C(C(F)(F)F)C(F)(F)F. The number of nitrogens with one attached hydrogen (secondary N) is 1. The zero-order valence-corrected chi connectivity index (χ0v) is 13.9. The highest BCUT2D eigenvalue weighted by atomic mass is 79.9. The molecule has 1 rings (SSSR count). The first kappa shape index (κ1) is 18.2. The van der Waals surface area contributed by atoms with Crippen LogP contribution in [0.1, 0.15) is 18.5 Å². The summed E-state index contributed by atoms with van der Waals surface area (Å²) in [5, 5.41) is 2.28. The van der Waals surface area contributed by atoms with E-state index in [1.165, 1.54) is 13.0 Å². The molecule has 1 aromatic rings. The van der Waals surface area contributed by atoms with Crippen LogP contribution in [-0.2, 0) is 0 Å². The Labute approximate surface area is 132 Å². The second-order valence-electron chi connectivity index (χ2n) is 3.88. The van der Waals surface area contributed by atoms with Crippen molar-refractivity contribution < 1.29 is 26.3 Å². The summed E-state index contributed by atoms with van der Waals surface area (Å²) < 4.78 is 77.7. The van der Waals surface area contributed by atoms with Crippen molar-refractivity contribution in [2.24, 2.45) is 5.92 Å². The highest BCUT2D eigenvalue weighted by Gasteiger charge is 2.60. The fraction of sp³-hybridized carbons (Fsp3) is 0.600. The molecule has 0 radical (unpaired) electrons. The minimum Gasteiger partial charge on any atom is -0.309 e. The van der Waals surface area contributed by atoms with Crippen molar-refractivity contribution in [1.82, 2.24) is 5.32 Å². The molecular formula is C10H9Br2F6NS. The second kappa shape index (κ2) is 6.53. The van der Waals surface area contributed by atoms with Gasteiger partial charge in [-0.2, -0.15) is 26.3 Å². The van der Waals surface area contributed by atoms with Crippen molar-refractivity contribution in [3.8, 4) is 0 Å². The molecule has 0 aliphatic rings. The van der Waals surface area contributed by atoms with Crippen molar-refractivity contribution in [2.45, 2.75) is 25.3 Å². The van der Waals surface area contributed by atoms with Crippen LogP contribution in [0.2, 0.25) is 0 Å². The summed E-state index contributed by atoms with van der Waals surface area (Å²) in [5.41, 5.74) is -0.0663. The normalized spacial score (nSPS) is 14.9. The molecule has 1 unspecified atom stereocenters. The molecule has 1 heterocycles.